The summed E-state index contributed by atoms with van der Waals surface area (Å²) >= 11 is 0. The van der Waals surface area contributed by atoms with Gasteiger partial charge in [0.2, 0.25) is 0 Å². The van der Waals surface area contributed by atoms with Gasteiger partial charge in [-0.05, 0) is 31.9 Å². The van der Waals surface area contributed by atoms with E-state index in [4.69, 9.17) is 9.47 Å². The molecule has 5 nitrogen and oxygen atoms in total. The lowest BCUT2D eigenvalue weighted by atomic mass is 10.1. The molecule has 1 aromatic carbocycles. The maximum atomic E-state index is 12.2. The third kappa shape index (κ3) is 9.36. The lowest BCUT2D eigenvalue weighted by molar-refractivity contribution is -0.162. The first kappa shape index (κ1) is 23.4. The number of nitrogens with zero attached hydrogens (tertiary/aromatic N) is 1. The molecule has 152 valence electrons. The summed E-state index contributed by atoms with van der Waals surface area (Å²) in [6.45, 7) is 5.51. The smallest absolute Gasteiger partial charge is 0.349 e. The van der Waals surface area contributed by atoms with Crippen LogP contribution in [0.2, 0.25) is 0 Å². The summed E-state index contributed by atoms with van der Waals surface area (Å²) in [4.78, 5) is 24.2. The van der Waals surface area contributed by atoms with Gasteiger partial charge in [0, 0.05) is 6.42 Å². The van der Waals surface area contributed by atoms with Gasteiger partial charge in [0.15, 0.2) is 0 Å². The van der Waals surface area contributed by atoms with Gasteiger partial charge in [-0.25, -0.2) is 4.79 Å². The van der Waals surface area contributed by atoms with Crippen molar-refractivity contribution in [2.45, 2.75) is 77.9 Å². The summed E-state index contributed by atoms with van der Waals surface area (Å²) in [5, 5.41) is 9.22. The maximum Gasteiger partial charge on any atom is 0.349 e. The molecule has 28 heavy (non-hydrogen) atoms. The largest absolute Gasteiger partial charge is 0.459 e. The number of ether oxygens (including phenoxy) is 2. The standard InChI is InChI=1S/C23H31NO4/c1-4-5-6-7-8-12-15-22(25)27-18(2)19(3)28-23(26)21(17-24)16-20-13-10-9-11-14-20/h9-11,13-14,16,18-19H,4-8,12,15H2,1-3H3/b21-16+. The molecule has 0 aliphatic carbocycles. The Balaban J connectivity index is 2.42. The molecule has 5 heteroatoms. The van der Waals surface area contributed by atoms with Crippen molar-refractivity contribution in [2.75, 3.05) is 0 Å². The molecule has 0 aliphatic heterocycles. The van der Waals surface area contributed by atoms with Crippen molar-refractivity contribution in [3.63, 3.8) is 0 Å². The summed E-state index contributed by atoms with van der Waals surface area (Å²) in [6, 6.07) is 10.9. The Morgan fingerprint density at radius 1 is 1.00 bits per heavy atom. The molecule has 0 saturated heterocycles. The Hall–Kier alpha value is -2.61. The fourth-order valence-electron chi connectivity index (χ4n) is 2.59. The van der Waals surface area contributed by atoms with E-state index in [-0.39, 0.29) is 11.5 Å². The second-order valence-electron chi connectivity index (χ2n) is 6.90. The highest BCUT2D eigenvalue weighted by atomic mass is 16.6. The summed E-state index contributed by atoms with van der Waals surface area (Å²) < 4.78 is 10.7. The van der Waals surface area contributed by atoms with Crippen LogP contribution in [0.3, 0.4) is 0 Å². The molecule has 0 aliphatic rings. The van der Waals surface area contributed by atoms with E-state index in [2.05, 4.69) is 6.92 Å². The second kappa shape index (κ2) is 13.5. The van der Waals surface area contributed by atoms with Crippen molar-refractivity contribution in [1.29, 1.82) is 5.26 Å². The number of hydrogen-bond acceptors (Lipinski definition) is 5. The van der Waals surface area contributed by atoms with Gasteiger partial charge in [0.1, 0.15) is 23.9 Å². The molecule has 1 aromatic rings. The van der Waals surface area contributed by atoms with E-state index >= 15 is 0 Å². The first-order valence-corrected chi connectivity index (χ1v) is 10.0. The van der Waals surface area contributed by atoms with E-state index in [9.17, 15) is 14.9 Å². The minimum atomic E-state index is -0.724. The monoisotopic (exact) mass is 385 g/mol. The number of rotatable bonds is 12. The fourth-order valence-corrected chi connectivity index (χ4v) is 2.59. The number of carbonyl (C=O) groups is 2. The van der Waals surface area contributed by atoms with Crippen molar-refractivity contribution < 1.29 is 19.1 Å². The number of esters is 2. The van der Waals surface area contributed by atoms with E-state index < -0.39 is 18.2 Å². The molecule has 0 heterocycles. The molecule has 0 fully saturated rings. The molecule has 0 aromatic heterocycles. The third-order valence-electron chi connectivity index (χ3n) is 4.46. The fraction of sp³-hybridized carbons (Fsp3) is 0.522. The van der Waals surface area contributed by atoms with E-state index in [1.807, 2.05) is 24.3 Å². The van der Waals surface area contributed by atoms with Crippen molar-refractivity contribution in [2.24, 2.45) is 0 Å². The zero-order chi connectivity index (χ0) is 20.8. The van der Waals surface area contributed by atoms with Crippen molar-refractivity contribution in [3.8, 4) is 6.07 Å². The van der Waals surface area contributed by atoms with Crippen LogP contribution >= 0.6 is 0 Å². The van der Waals surface area contributed by atoms with Crippen LogP contribution in [0.25, 0.3) is 6.08 Å². The summed E-state index contributed by atoms with van der Waals surface area (Å²) in [5.41, 5.74) is 0.644. The summed E-state index contributed by atoms with van der Waals surface area (Å²) in [5.74, 6) is -1.01. The van der Waals surface area contributed by atoms with Gasteiger partial charge in [0.25, 0.3) is 0 Å². The quantitative estimate of drug-likeness (QED) is 0.214. The normalized spacial score (nSPS) is 13.3. The molecular formula is C23H31NO4. The molecule has 2 atom stereocenters. The Morgan fingerprint density at radius 2 is 1.61 bits per heavy atom. The van der Waals surface area contributed by atoms with Crippen LogP contribution in [0.15, 0.2) is 35.9 Å². The number of unbranched alkanes of at least 4 members (excludes halogenated alkanes) is 5. The van der Waals surface area contributed by atoms with Gasteiger partial charge in [0.05, 0.1) is 0 Å². The predicted molar refractivity (Wildman–Crippen MR) is 109 cm³/mol. The lowest BCUT2D eigenvalue weighted by Crippen LogP contribution is -2.31. The SMILES string of the molecule is CCCCCCCCC(=O)OC(C)C(C)OC(=O)/C(C#N)=C/c1ccccc1. The van der Waals surface area contributed by atoms with Gasteiger partial charge in [-0.1, -0.05) is 69.4 Å². The highest BCUT2D eigenvalue weighted by molar-refractivity contribution is 5.98. The molecule has 0 amide bonds. The first-order chi connectivity index (χ1) is 13.5. The van der Waals surface area contributed by atoms with Gasteiger partial charge in [-0.3, -0.25) is 4.79 Å². The van der Waals surface area contributed by atoms with Crippen molar-refractivity contribution in [3.05, 3.63) is 41.5 Å². The van der Waals surface area contributed by atoms with Crippen LogP contribution in [-0.4, -0.2) is 24.1 Å². The van der Waals surface area contributed by atoms with E-state index in [0.29, 0.717) is 6.42 Å². The minimum Gasteiger partial charge on any atom is -0.459 e. The second-order valence-corrected chi connectivity index (χ2v) is 6.90. The lowest BCUT2D eigenvalue weighted by Gasteiger charge is -2.20. The topological polar surface area (TPSA) is 76.4 Å². The van der Waals surface area contributed by atoms with Crippen LogP contribution in [0.5, 0.6) is 0 Å². The van der Waals surface area contributed by atoms with Gasteiger partial charge < -0.3 is 9.47 Å². The van der Waals surface area contributed by atoms with Crippen LogP contribution in [0.1, 0.15) is 71.3 Å². The van der Waals surface area contributed by atoms with E-state index in [0.717, 1.165) is 24.8 Å². The number of carbonyl (C=O) groups excluding carboxylic acids is 2. The van der Waals surface area contributed by atoms with E-state index in [1.165, 1.54) is 25.3 Å². The molecule has 2 unspecified atom stereocenters. The molecule has 0 bridgehead atoms. The molecule has 0 spiro atoms. The predicted octanol–water partition coefficient (Wildman–Crippen LogP) is 5.21. The Morgan fingerprint density at radius 3 is 2.25 bits per heavy atom. The summed E-state index contributed by atoms with van der Waals surface area (Å²) in [7, 11) is 0. The van der Waals surface area contributed by atoms with Crippen molar-refractivity contribution >= 4 is 18.0 Å². The zero-order valence-corrected chi connectivity index (χ0v) is 17.1. The Kier molecular flexibility index (Phi) is 11.3. The average molecular weight is 386 g/mol. The average Bonchev–Trinajstić information content (AvgIpc) is 2.69. The van der Waals surface area contributed by atoms with Crippen molar-refractivity contribution in [1.82, 2.24) is 0 Å². The number of nitriles is 1. The number of benzene rings is 1. The minimum absolute atomic E-state index is 0.0938. The Bertz CT molecular complexity index is 676. The highest BCUT2D eigenvalue weighted by Gasteiger charge is 2.22. The Labute approximate surface area is 168 Å². The molecular weight excluding hydrogens is 354 g/mol. The van der Waals surface area contributed by atoms with Crippen LogP contribution in [0, 0.1) is 11.3 Å². The third-order valence-corrected chi connectivity index (χ3v) is 4.46. The highest BCUT2D eigenvalue weighted by Crippen LogP contribution is 2.13. The van der Waals surface area contributed by atoms with Crippen LogP contribution < -0.4 is 0 Å². The van der Waals surface area contributed by atoms with Crippen LogP contribution in [0.4, 0.5) is 0 Å². The summed E-state index contributed by atoms with van der Waals surface area (Å²) in [6.07, 6.45) is 7.21. The first-order valence-electron chi connectivity index (χ1n) is 10.0. The molecule has 0 saturated carbocycles. The molecule has 0 radical (unpaired) electrons. The molecule has 1 rings (SSSR count). The number of hydrogen-bond donors (Lipinski definition) is 0. The van der Waals surface area contributed by atoms with Gasteiger partial charge >= 0.3 is 11.9 Å². The van der Waals surface area contributed by atoms with Gasteiger partial charge in [-0.2, -0.15) is 5.26 Å². The van der Waals surface area contributed by atoms with Gasteiger partial charge in [-0.15, -0.1) is 0 Å². The maximum absolute atomic E-state index is 12.2. The van der Waals surface area contributed by atoms with E-state index in [1.54, 1.807) is 26.0 Å². The molecule has 0 N–H and O–H groups in total. The zero-order valence-electron chi connectivity index (χ0n) is 17.1. The van der Waals surface area contributed by atoms with Crippen LogP contribution in [-0.2, 0) is 19.1 Å².